The highest BCUT2D eigenvalue weighted by Crippen LogP contribution is 2.03. The van der Waals surface area contributed by atoms with Crippen LogP contribution in [0, 0.1) is 13.8 Å². The molecule has 16 heavy (non-hydrogen) atoms. The van der Waals surface area contributed by atoms with E-state index in [9.17, 15) is 0 Å². The van der Waals surface area contributed by atoms with Crippen molar-refractivity contribution in [3.05, 3.63) is 59.7 Å². The van der Waals surface area contributed by atoms with E-state index in [1.807, 2.05) is 0 Å². The van der Waals surface area contributed by atoms with Crippen molar-refractivity contribution in [1.29, 1.82) is 0 Å². The van der Waals surface area contributed by atoms with E-state index < -0.39 is 10.9 Å². The molecule has 0 saturated heterocycles. The Kier molecular flexibility index (Phi) is 4.07. The topological polar surface area (TPSA) is 0 Å². The van der Waals surface area contributed by atoms with Gasteiger partial charge in [-0.3, -0.25) is 0 Å². The third-order valence-electron chi connectivity index (χ3n) is 2.67. The molecule has 0 N–H and O–H groups in total. The summed E-state index contributed by atoms with van der Waals surface area (Å²) in [6.07, 6.45) is 0. The fraction of sp³-hybridized carbons (Fsp3) is 0.143. The van der Waals surface area contributed by atoms with E-state index in [2.05, 4.69) is 82.7 Å². The molecule has 0 saturated carbocycles. The number of hydrogen-bond acceptors (Lipinski definition) is 0. The van der Waals surface area contributed by atoms with Gasteiger partial charge in [0, 0.05) is 0 Å². The van der Waals surface area contributed by atoms with Crippen molar-refractivity contribution in [3.8, 4) is 0 Å². The molecule has 0 atom stereocenters. The number of rotatable bonds is 2. The van der Waals surface area contributed by atoms with Crippen LogP contribution in [0.1, 0.15) is 11.1 Å². The standard InChI is InChI=1S/2C7H7.Al.HI/c2*1-7-5-3-2-4-6-7;;/h2*2-3,5-6H,1H3;;1H/q;;+1;/p-1. The Labute approximate surface area is 113 Å². The zero-order valence-electron chi connectivity index (χ0n) is 9.57. The molecule has 0 spiro atoms. The molecule has 0 aromatic heterocycles. The highest BCUT2D eigenvalue weighted by Gasteiger charge is 2.18. The first-order valence-corrected chi connectivity index (χ1v) is 10.8. The van der Waals surface area contributed by atoms with E-state index in [1.165, 1.54) is 20.0 Å². The van der Waals surface area contributed by atoms with Gasteiger partial charge in [0.25, 0.3) is 0 Å². The van der Waals surface area contributed by atoms with Gasteiger partial charge < -0.3 is 0 Å². The van der Waals surface area contributed by atoms with E-state index in [-0.39, 0.29) is 0 Å². The van der Waals surface area contributed by atoms with E-state index in [0.717, 1.165) is 0 Å². The monoisotopic (exact) mass is 336 g/mol. The minimum absolute atomic E-state index is 1.00. The molecule has 0 amide bonds. The fourth-order valence-electron chi connectivity index (χ4n) is 1.85. The van der Waals surface area contributed by atoms with Crippen LogP contribution in [0.15, 0.2) is 48.5 Å². The Morgan fingerprint density at radius 1 is 0.812 bits per heavy atom. The summed E-state index contributed by atoms with van der Waals surface area (Å²) in [5.74, 6) is 0. The molecule has 80 valence electrons. The average molecular weight is 336 g/mol. The predicted molar refractivity (Wildman–Crippen MR) is 81.4 cm³/mol. The van der Waals surface area contributed by atoms with Gasteiger partial charge in [-0.25, -0.2) is 0 Å². The molecular weight excluding hydrogens is 322 g/mol. The van der Waals surface area contributed by atoms with Crippen LogP contribution >= 0.6 is 20.3 Å². The molecule has 0 aliphatic rings. The molecule has 0 nitrogen and oxygen atoms in total. The van der Waals surface area contributed by atoms with Crippen LogP contribution in [0.4, 0.5) is 0 Å². The summed E-state index contributed by atoms with van der Waals surface area (Å²) in [6.45, 7) is 4.33. The van der Waals surface area contributed by atoms with Crippen molar-refractivity contribution in [3.63, 3.8) is 0 Å². The molecule has 2 aromatic carbocycles. The van der Waals surface area contributed by atoms with Gasteiger partial charge in [0.2, 0.25) is 0 Å². The summed E-state index contributed by atoms with van der Waals surface area (Å²) < 4.78 is 3.04. The molecule has 0 bridgehead atoms. The molecule has 0 aliphatic carbocycles. The first-order chi connectivity index (χ1) is 7.66. The SMILES string of the molecule is Cc1ccc[c]([Al]([I])[c]2cccc(C)c2)c1. The lowest BCUT2D eigenvalue weighted by Gasteiger charge is -2.07. The highest BCUT2D eigenvalue weighted by molar-refractivity contribution is 14.1. The van der Waals surface area contributed by atoms with Crippen LogP contribution in [0.2, 0.25) is 0 Å². The maximum Gasteiger partial charge on any atom is 0.435 e. The minimum atomic E-state index is -1.00. The largest absolute Gasteiger partial charge is 0.435 e. The average Bonchev–Trinajstić information content (AvgIpc) is 2.28. The van der Waals surface area contributed by atoms with Gasteiger partial charge in [-0.15, -0.1) is 0 Å². The number of aryl methyl sites for hydroxylation is 2. The Morgan fingerprint density at radius 2 is 1.25 bits per heavy atom. The lowest BCUT2D eigenvalue weighted by atomic mass is 10.2. The zero-order chi connectivity index (χ0) is 11.5. The van der Waals surface area contributed by atoms with Gasteiger partial charge in [0.15, 0.2) is 0 Å². The van der Waals surface area contributed by atoms with Crippen LogP contribution in [-0.2, 0) is 0 Å². The van der Waals surface area contributed by atoms with E-state index in [1.54, 1.807) is 0 Å². The van der Waals surface area contributed by atoms with Crippen LogP contribution < -0.4 is 8.85 Å². The summed E-state index contributed by atoms with van der Waals surface area (Å²) in [7, 11) is -1.00. The smallest absolute Gasteiger partial charge is 0.194 e. The van der Waals surface area contributed by atoms with Crippen molar-refractivity contribution in [2.75, 3.05) is 0 Å². The molecule has 2 rings (SSSR count). The van der Waals surface area contributed by atoms with Gasteiger partial charge in [-0.05, 0) is 13.8 Å². The number of benzene rings is 2. The van der Waals surface area contributed by atoms with Crippen LogP contribution in [0.3, 0.4) is 0 Å². The Bertz CT molecular complexity index is 448. The fourth-order valence-corrected chi connectivity index (χ4v) is 5.94. The molecule has 0 aliphatic heterocycles. The molecule has 0 unspecified atom stereocenters. The van der Waals surface area contributed by atoms with E-state index in [4.69, 9.17) is 0 Å². The first kappa shape index (κ1) is 12.2. The maximum absolute atomic E-state index is 2.65. The second-order valence-corrected chi connectivity index (χ2v) is 9.99. The Hall–Kier alpha value is -0.298. The van der Waals surface area contributed by atoms with Crippen LogP contribution in [-0.4, -0.2) is 10.9 Å². The number of hydrogen-bond donors (Lipinski definition) is 0. The van der Waals surface area contributed by atoms with E-state index >= 15 is 0 Å². The van der Waals surface area contributed by atoms with Crippen LogP contribution in [0.5, 0.6) is 0 Å². The predicted octanol–water partition coefficient (Wildman–Crippen LogP) is 2.84. The summed E-state index contributed by atoms with van der Waals surface area (Å²) in [5, 5.41) is 0. The molecule has 0 radical (unpaired) electrons. The van der Waals surface area contributed by atoms with Gasteiger partial charge in [-0.2, -0.15) is 20.3 Å². The maximum atomic E-state index is 2.65. The molecule has 2 heteroatoms. The van der Waals surface area contributed by atoms with Crippen molar-refractivity contribution in [1.82, 2.24) is 0 Å². The van der Waals surface area contributed by atoms with Gasteiger partial charge in [-0.1, -0.05) is 68.5 Å². The van der Waals surface area contributed by atoms with Crippen LogP contribution in [0.25, 0.3) is 0 Å². The summed E-state index contributed by atoms with van der Waals surface area (Å²) in [4.78, 5) is 0. The zero-order valence-corrected chi connectivity index (χ0v) is 12.9. The second-order valence-electron chi connectivity index (χ2n) is 4.19. The molecule has 0 heterocycles. The third-order valence-corrected chi connectivity index (χ3v) is 8.87. The van der Waals surface area contributed by atoms with E-state index in [0.29, 0.717) is 0 Å². The molecule has 0 fully saturated rings. The molecular formula is C14H14AlI. The van der Waals surface area contributed by atoms with Gasteiger partial charge >= 0.3 is 10.9 Å². The van der Waals surface area contributed by atoms with Crippen molar-refractivity contribution in [2.45, 2.75) is 13.8 Å². The van der Waals surface area contributed by atoms with Gasteiger partial charge in [0.05, 0.1) is 0 Å². The molecule has 2 aromatic rings. The summed E-state index contributed by atoms with van der Waals surface area (Å²) in [5.41, 5.74) is 2.72. The Morgan fingerprint density at radius 3 is 1.62 bits per heavy atom. The third kappa shape index (κ3) is 2.88. The lowest BCUT2D eigenvalue weighted by Crippen LogP contribution is -2.36. The first-order valence-electron chi connectivity index (χ1n) is 5.44. The summed E-state index contributed by atoms with van der Waals surface area (Å²) in [6, 6.07) is 17.8. The Balaban J connectivity index is 2.35. The summed E-state index contributed by atoms with van der Waals surface area (Å²) >= 11 is 2.65. The number of halogens is 1. The lowest BCUT2D eigenvalue weighted by molar-refractivity contribution is 1.49. The quantitative estimate of drug-likeness (QED) is 0.584. The highest BCUT2D eigenvalue weighted by atomic mass is 127. The van der Waals surface area contributed by atoms with Gasteiger partial charge in [0.1, 0.15) is 0 Å². The second kappa shape index (κ2) is 5.36. The normalized spacial score (nSPS) is 10.2. The van der Waals surface area contributed by atoms with Crippen molar-refractivity contribution >= 4 is 40.0 Å². The van der Waals surface area contributed by atoms with Crippen molar-refractivity contribution < 1.29 is 0 Å². The van der Waals surface area contributed by atoms with Crippen molar-refractivity contribution in [2.24, 2.45) is 0 Å². The minimum Gasteiger partial charge on any atom is -0.194 e.